The maximum Gasteiger partial charge on any atom is 0.0867 e. The predicted molar refractivity (Wildman–Crippen MR) is 79.4 cm³/mol. The van der Waals surface area contributed by atoms with Crippen molar-refractivity contribution < 1.29 is 0 Å². The maximum atomic E-state index is 6.32. The zero-order chi connectivity index (χ0) is 13.2. The molecule has 1 atom stereocenters. The van der Waals surface area contributed by atoms with Crippen LogP contribution in [0, 0.1) is 0 Å². The van der Waals surface area contributed by atoms with E-state index in [9.17, 15) is 0 Å². The average Bonchev–Trinajstić information content (AvgIpc) is 3.07. The average molecular weight is 335 g/mol. The van der Waals surface area contributed by atoms with Crippen molar-refractivity contribution in [2.45, 2.75) is 6.04 Å². The standard InChI is InChI=1S/C13H11BrN4S/c14-10-6-7-19-13(10)12(15)11-8-16-17-18(11)9-4-2-1-3-5-9/h1-8,12H,15H2. The fourth-order valence-corrected chi connectivity index (χ4v) is 3.52. The van der Waals surface area contributed by atoms with Crippen LogP contribution in [-0.4, -0.2) is 15.0 Å². The molecule has 0 bridgehead atoms. The zero-order valence-corrected chi connectivity index (χ0v) is 12.3. The number of thiophene rings is 1. The van der Waals surface area contributed by atoms with Gasteiger partial charge in [-0.3, -0.25) is 0 Å². The van der Waals surface area contributed by atoms with Crippen LogP contribution in [0.5, 0.6) is 0 Å². The van der Waals surface area contributed by atoms with Gasteiger partial charge in [-0.15, -0.1) is 16.4 Å². The number of benzene rings is 1. The summed E-state index contributed by atoms with van der Waals surface area (Å²) in [5.74, 6) is 0. The van der Waals surface area contributed by atoms with E-state index in [1.807, 2.05) is 41.8 Å². The van der Waals surface area contributed by atoms with Gasteiger partial charge in [0, 0.05) is 9.35 Å². The molecule has 19 heavy (non-hydrogen) atoms. The molecule has 3 rings (SSSR count). The van der Waals surface area contributed by atoms with Gasteiger partial charge in [-0.05, 0) is 39.5 Å². The van der Waals surface area contributed by atoms with Crippen molar-refractivity contribution >= 4 is 27.3 Å². The van der Waals surface area contributed by atoms with E-state index in [4.69, 9.17) is 5.73 Å². The highest BCUT2D eigenvalue weighted by Crippen LogP contribution is 2.31. The molecule has 6 heteroatoms. The second-order valence-corrected chi connectivity index (χ2v) is 5.82. The Morgan fingerprint density at radius 3 is 2.68 bits per heavy atom. The van der Waals surface area contributed by atoms with E-state index in [2.05, 4.69) is 26.2 Å². The summed E-state index contributed by atoms with van der Waals surface area (Å²) in [6, 6.07) is 11.6. The molecule has 1 unspecified atom stereocenters. The molecular weight excluding hydrogens is 324 g/mol. The number of halogens is 1. The predicted octanol–water partition coefficient (Wildman–Crippen LogP) is 3.14. The van der Waals surface area contributed by atoms with Crippen LogP contribution in [-0.2, 0) is 0 Å². The normalized spacial score (nSPS) is 12.5. The van der Waals surface area contributed by atoms with E-state index in [0.29, 0.717) is 0 Å². The minimum Gasteiger partial charge on any atom is -0.318 e. The van der Waals surface area contributed by atoms with Crippen molar-refractivity contribution in [1.29, 1.82) is 0 Å². The van der Waals surface area contributed by atoms with Gasteiger partial charge in [0.25, 0.3) is 0 Å². The zero-order valence-electron chi connectivity index (χ0n) is 9.90. The Kier molecular flexibility index (Phi) is 3.46. The molecule has 2 aromatic heterocycles. The number of rotatable bonds is 3. The van der Waals surface area contributed by atoms with Crippen LogP contribution in [0.1, 0.15) is 16.6 Å². The number of para-hydroxylation sites is 1. The highest BCUT2D eigenvalue weighted by Gasteiger charge is 2.19. The van der Waals surface area contributed by atoms with Gasteiger partial charge in [0.2, 0.25) is 0 Å². The summed E-state index contributed by atoms with van der Waals surface area (Å²) >= 11 is 5.13. The Morgan fingerprint density at radius 2 is 2.00 bits per heavy atom. The Labute approximate surface area is 123 Å². The Morgan fingerprint density at radius 1 is 1.21 bits per heavy atom. The van der Waals surface area contributed by atoms with Gasteiger partial charge in [-0.2, -0.15) is 0 Å². The molecule has 0 aliphatic heterocycles. The summed E-state index contributed by atoms with van der Waals surface area (Å²) in [4.78, 5) is 1.07. The van der Waals surface area contributed by atoms with Crippen LogP contribution in [0.3, 0.4) is 0 Å². The fraction of sp³-hybridized carbons (Fsp3) is 0.0769. The number of aromatic nitrogens is 3. The van der Waals surface area contributed by atoms with Crippen LogP contribution in [0.15, 0.2) is 52.4 Å². The molecule has 1 aromatic carbocycles. The molecule has 2 heterocycles. The van der Waals surface area contributed by atoms with E-state index >= 15 is 0 Å². The van der Waals surface area contributed by atoms with E-state index in [-0.39, 0.29) is 6.04 Å². The molecule has 4 nitrogen and oxygen atoms in total. The quantitative estimate of drug-likeness (QED) is 0.800. The molecule has 0 saturated heterocycles. The third-order valence-corrected chi connectivity index (χ3v) is 4.78. The summed E-state index contributed by atoms with van der Waals surface area (Å²) in [7, 11) is 0. The molecule has 0 spiro atoms. The first kappa shape index (κ1) is 12.5. The van der Waals surface area contributed by atoms with Gasteiger partial charge in [0.1, 0.15) is 0 Å². The van der Waals surface area contributed by atoms with E-state index in [1.54, 1.807) is 22.2 Å². The number of nitrogens with two attached hydrogens (primary N) is 1. The van der Waals surface area contributed by atoms with Crippen LogP contribution in [0.2, 0.25) is 0 Å². The second kappa shape index (κ2) is 5.24. The van der Waals surface area contributed by atoms with Gasteiger partial charge in [-0.25, -0.2) is 4.68 Å². The van der Waals surface area contributed by atoms with Gasteiger partial charge in [0.05, 0.1) is 23.6 Å². The largest absolute Gasteiger partial charge is 0.318 e. The molecule has 0 aliphatic carbocycles. The lowest BCUT2D eigenvalue weighted by Crippen LogP contribution is -2.16. The van der Waals surface area contributed by atoms with E-state index in [0.717, 1.165) is 20.7 Å². The van der Waals surface area contributed by atoms with Crippen LogP contribution in [0.25, 0.3) is 5.69 Å². The fourth-order valence-electron chi connectivity index (χ4n) is 1.89. The monoisotopic (exact) mass is 334 g/mol. The van der Waals surface area contributed by atoms with Gasteiger partial charge >= 0.3 is 0 Å². The first-order valence-electron chi connectivity index (χ1n) is 5.72. The number of nitrogens with zero attached hydrogens (tertiary/aromatic N) is 3. The number of hydrogen-bond donors (Lipinski definition) is 1. The minimum atomic E-state index is -0.246. The highest BCUT2D eigenvalue weighted by molar-refractivity contribution is 9.10. The van der Waals surface area contributed by atoms with Crippen LogP contribution >= 0.6 is 27.3 Å². The molecule has 0 saturated carbocycles. The maximum absolute atomic E-state index is 6.32. The van der Waals surface area contributed by atoms with Crippen molar-refractivity contribution in [2.24, 2.45) is 5.73 Å². The Balaban J connectivity index is 2.04. The van der Waals surface area contributed by atoms with Gasteiger partial charge in [-0.1, -0.05) is 23.4 Å². The molecule has 0 radical (unpaired) electrons. The van der Waals surface area contributed by atoms with Crippen LogP contribution in [0.4, 0.5) is 0 Å². The van der Waals surface area contributed by atoms with Gasteiger partial charge in [0.15, 0.2) is 0 Å². The summed E-state index contributed by atoms with van der Waals surface area (Å²) in [6.45, 7) is 0. The van der Waals surface area contributed by atoms with Crippen molar-refractivity contribution in [1.82, 2.24) is 15.0 Å². The number of hydrogen-bond acceptors (Lipinski definition) is 4. The summed E-state index contributed by atoms with van der Waals surface area (Å²) in [5, 5.41) is 10.1. The smallest absolute Gasteiger partial charge is 0.0867 e. The molecule has 3 aromatic rings. The lowest BCUT2D eigenvalue weighted by Gasteiger charge is -2.12. The Hall–Kier alpha value is -1.50. The molecule has 96 valence electrons. The third kappa shape index (κ3) is 2.34. The summed E-state index contributed by atoms with van der Waals surface area (Å²) in [6.07, 6.45) is 1.71. The minimum absolute atomic E-state index is 0.246. The van der Waals surface area contributed by atoms with E-state index < -0.39 is 0 Å². The second-order valence-electron chi connectivity index (χ2n) is 4.02. The third-order valence-electron chi connectivity index (χ3n) is 2.82. The SMILES string of the molecule is NC(c1sccc1Br)c1cnnn1-c1ccccc1. The Bertz CT molecular complexity index is 677. The lowest BCUT2D eigenvalue weighted by molar-refractivity contribution is 0.724. The van der Waals surface area contributed by atoms with Crippen LogP contribution < -0.4 is 5.73 Å². The lowest BCUT2D eigenvalue weighted by atomic mass is 10.2. The highest BCUT2D eigenvalue weighted by atomic mass is 79.9. The van der Waals surface area contributed by atoms with Crippen molar-refractivity contribution in [3.8, 4) is 5.69 Å². The van der Waals surface area contributed by atoms with Gasteiger partial charge < -0.3 is 5.73 Å². The molecule has 0 aliphatic rings. The van der Waals surface area contributed by atoms with E-state index in [1.165, 1.54) is 0 Å². The molecular formula is C13H11BrN4S. The molecule has 0 amide bonds. The first-order valence-corrected chi connectivity index (χ1v) is 7.39. The van der Waals surface area contributed by atoms with Crippen molar-refractivity contribution in [3.05, 3.63) is 63.0 Å². The molecule has 2 N–H and O–H groups in total. The summed E-state index contributed by atoms with van der Waals surface area (Å²) < 4.78 is 2.79. The first-order chi connectivity index (χ1) is 9.27. The van der Waals surface area contributed by atoms with Crippen molar-refractivity contribution in [3.63, 3.8) is 0 Å². The molecule has 0 fully saturated rings. The summed E-state index contributed by atoms with van der Waals surface area (Å²) in [5.41, 5.74) is 8.15. The topological polar surface area (TPSA) is 56.7 Å². The van der Waals surface area contributed by atoms with Crippen molar-refractivity contribution in [2.75, 3.05) is 0 Å².